The summed E-state index contributed by atoms with van der Waals surface area (Å²) >= 11 is 4.43. The highest BCUT2D eigenvalue weighted by atomic mass is 79.9. The maximum atomic E-state index is 11.6. The zero-order chi connectivity index (χ0) is 17.5. The third-order valence-electron chi connectivity index (χ3n) is 2.78. The lowest BCUT2D eigenvalue weighted by Gasteiger charge is -2.06. The lowest BCUT2D eigenvalue weighted by molar-refractivity contribution is -0.138. The third-order valence-corrected chi connectivity index (χ3v) is 4.47. The molecule has 24 heavy (non-hydrogen) atoms. The fourth-order valence-electron chi connectivity index (χ4n) is 1.73. The first-order valence-electron chi connectivity index (χ1n) is 6.71. The Balaban J connectivity index is 1.97. The van der Waals surface area contributed by atoms with Crippen LogP contribution in [0, 0.1) is 0 Å². The first-order chi connectivity index (χ1) is 11.5. The Morgan fingerprint density at radius 2 is 2.33 bits per heavy atom. The second-order valence-corrected chi connectivity index (χ2v) is 6.63. The number of aliphatic carboxylic acids is 1. The lowest BCUT2D eigenvalue weighted by atomic mass is 10.2. The summed E-state index contributed by atoms with van der Waals surface area (Å²) in [5.74, 6) is -0.776. The van der Waals surface area contributed by atoms with Gasteiger partial charge in [-0.05, 0) is 39.7 Å². The van der Waals surface area contributed by atoms with Crippen LogP contribution in [-0.2, 0) is 14.3 Å². The fourth-order valence-corrected chi connectivity index (χ4v) is 3.16. The number of carboxylic acid groups (broad SMARTS) is 1. The molecule has 0 spiro atoms. The number of hydrogen-bond acceptors (Lipinski definition) is 7. The second kappa shape index (κ2) is 8.81. The van der Waals surface area contributed by atoms with Crippen LogP contribution in [0.3, 0.4) is 0 Å². The molecule has 1 fully saturated rings. The van der Waals surface area contributed by atoms with Crippen LogP contribution in [0.25, 0.3) is 0 Å². The number of benzene rings is 1. The first-order valence-corrected chi connectivity index (χ1v) is 8.38. The molecular formula is C14H14BrN3O5S. The van der Waals surface area contributed by atoms with Crippen molar-refractivity contribution in [3.8, 4) is 5.75 Å². The molecule has 2 rings (SSSR count). The molecule has 2 N–H and O–H groups in total. The summed E-state index contributed by atoms with van der Waals surface area (Å²) in [7, 11) is 1.54. The van der Waals surface area contributed by atoms with Crippen LogP contribution in [0.5, 0.6) is 5.75 Å². The van der Waals surface area contributed by atoms with E-state index in [1.807, 2.05) is 0 Å². The summed E-state index contributed by atoms with van der Waals surface area (Å²) in [4.78, 5) is 22.2. The average molecular weight is 416 g/mol. The van der Waals surface area contributed by atoms with Gasteiger partial charge in [0, 0.05) is 7.11 Å². The van der Waals surface area contributed by atoms with E-state index in [2.05, 4.69) is 31.4 Å². The van der Waals surface area contributed by atoms with Crippen LogP contribution < -0.4 is 10.1 Å². The van der Waals surface area contributed by atoms with Gasteiger partial charge in [0.25, 0.3) is 0 Å². The summed E-state index contributed by atoms with van der Waals surface area (Å²) in [6, 6.07) is 5.34. The number of nitrogens with one attached hydrogen (secondary N) is 1. The predicted octanol–water partition coefficient (Wildman–Crippen LogP) is 1.83. The average Bonchev–Trinajstić information content (AvgIpc) is 2.85. The summed E-state index contributed by atoms with van der Waals surface area (Å²) in [6.45, 7) is 0.147. The van der Waals surface area contributed by atoms with Gasteiger partial charge in [-0.15, -0.1) is 5.10 Å². The van der Waals surface area contributed by atoms with Gasteiger partial charge in [-0.25, -0.2) is 0 Å². The van der Waals surface area contributed by atoms with E-state index in [4.69, 9.17) is 14.6 Å². The van der Waals surface area contributed by atoms with Crippen molar-refractivity contribution in [2.24, 2.45) is 10.2 Å². The minimum Gasteiger partial charge on any atom is -0.481 e. The third kappa shape index (κ3) is 5.32. The van der Waals surface area contributed by atoms with E-state index in [-0.39, 0.29) is 24.3 Å². The van der Waals surface area contributed by atoms with Gasteiger partial charge in [0.05, 0.1) is 17.1 Å². The fraction of sp³-hybridized carbons (Fsp3) is 0.286. The van der Waals surface area contributed by atoms with Crippen LogP contribution in [0.2, 0.25) is 0 Å². The Bertz CT molecular complexity index is 695. The van der Waals surface area contributed by atoms with Crippen LogP contribution in [-0.4, -0.2) is 47.5 Å². The number of nitrogens with zero attached hydrogens (tertiary/aromatic N) is 2. The topological polar surface area (TPSA) is 110 Å². The molecule has 0 aromatic heterocycles. The number of carboxylic acids is 1. The minimum atomic E-state index is -1.03. The number of carbonyl (C=O) groups excluding carboxylic acids is 1. The van der Waals surface area contributed by atoms with Gasteiger partial charge in [0.2, 0.25) is 5.91 Å². The Hall–Kier alpha value is -1.91. The molecule has 1 aromatic carbocycles. The molecule has 8 nitrogen and oxygen atoms in total. The Labute approximate surface area is 150 Å². The number of methoxy groups -OCH3 is 1. The van der Waals surface area contributed by atoms with E-state index >= 15 is 0 Å². The number of ether oxygens (including phenoxy) is 2. The molecule has 0 aliphatic carbocycles. The number of amides is 1. The Kier molecular flexibility index (Phi) is 6.76. The number of hydrogen-bond donors (Lipinski definition) is 2. The number of carbonyl (C=O) groups is 2. The molecule has 0 bridgehead atoms. The molecule has 1 aliphatic heterocycles. The van der Waals surface area contributed by atoms with Crippen molar-refractivity contribution < 1.29 is 24.2 Å². The molecule has 1 aromatic rings. The van der Waals surface area contributed by atoms with Gasteiger partial charge in [-0.2, -0.15) is 5.10 Å². The second-order valence-electron chi connectivity index (χ2n) is 4.58. The smallest absolute Gasteiger partial charge is 0.305 e. The van der Waals surface area contributed by atoms with E-state index in [9.17, 15) is 9.59 Å². The molecule has 1 amide bonds. The van der Waals surface area contributed by atoms with Crippen molar-refractivity contribution in [2.45, 2.75) is 11.7 Å². The molecule has 10 heteroatoms. The van der Waals surface area contributed by atoms with Crippen LogP contribution in [0.4, 0.5) is 0 Å². The molecule has 1 saturated heterocycles. The zero-order valence-electron chi connectivity index (χ0n) is 12.6. The van der Waals surface area contributed by atoms with Gasteiger partial charge in [-0.1, -0.05) is 11.8 Å². The Morgan fingerprint density at radius 1 is 1.54 bits per heavy atom. The first kappa shape index (κ1) is 18.4. The molecule has 0 radical (unpaired) electrons. The van der Waals surface area contributed by atoms with Gasteiger partial charge in [-0.3, -0.25) is 9.59 Å². The quantitative estimate of drug-likeness (QED) is 0.399. The number of rotatable bonds is 7. The highest BCUT2D eigenvalue weighted by Crippen LogP contribution is 2.25. The normalized spacial score (nSPS) is 19.0. The van der Waals surface area contributed by atoms with Crippen molar-refractivity contribution in [3.05, 3.63) is 28.2 Å². The summed E-state index contributed by atoms with van der Waals surface area (Å²) < 4.78 is 10.9. The summed E-state index contributed by atoms with van der Waals surface area (Å²) in [6.07, 6.45) is 1.25. The van der Waals surface area contributed by atoms with Gasteiger partial charge >= 0.3 is 5.97 Å². The van der Waals surface area contributed by atoms with E-state index in [1.165, 1.54) is 13.3 Å². The summed E-state index contributed by atoms with van der Waals surface area (Å²) in [5, 5.41) is 18.6. The number of halogens is 1. The van der Waals surface area contributed by atoms with E-state index < -0.39 is 11.2 Å². The SMILES string of the molecule is COCOc1ccc(C=NN=C2NC(=O)C(CC(=O)O)S2)cc1Br. The molecule has 1 unspecified atom stereocenters. The van der Waals surface area contributed by atoms with Crippen molar-refractivity contribution in [1.82, 2.24) is 5.32 Å². The number of thioether (sulfide) groups is 1. The van der Waals surface area contributed by atoms with Gasteiger partial charge in [0.1, 0.15) is 11.0 Å². The molecule has 1 atom stereocenters. The highest BCUT2D eigenvalue weighted by Gasteiger charge is 2.32. The van der Waals surface area contributed by atoms with Crippen molar-refractivity contribution in [2.75, 3.05) is 13.9 Å². The van der Waals surface area contributed by atoms with Gasteiger partial charge in [0.15, 0.2) is 12.0 Å². The Morgan fingerprint density at radius 3 is 3.00 bits per heavy atom. The van der Waals surface area contributed by atoms with Crippen LogP contribution in [0.15, 0.2) is 32.9 Å². The van der Waals surface area contributed by atoms with Crippen LogP contribution >= 0.6 is 27.7 Å². The van der Waals surface area contributed by atoms with E-state index in [0.29, 0.717) is 5.75 Å². The van der Waals surface area contributed by atoms with Crippen molar-refractivity contribution >= 4 is 51.0 Å². The van der Waals surface area contributed by atoms with Crippen molar-refractivity contribution in [3.63, 3.8) is 0 Å². The largest absolute Gasteiger partial charge is 0.481 e. The molecule has 128 valence electrons. The minimum absolute atomic E-state index is 0.147. The van der Waals surface area contributed by atoms with E-state index in [1.54, 1.807) is 18.2 Å². The zero-order valence-corrected chi connectivity index (χ0v) is 15.0. The maximum Gasteiger partial charge on any atom is 0.305 e. The molecule has 1 aliphatic rings. The predicted molar refractivity (Wildman–Crippen MR) is 93.4 cm³/mol. The monoisotopic (exact) mass is 415 g/mol. The lowest BCUT2D eigenvalue weighted by Crippen LogP contribution is -2.26. The molecule has 0 saturated carbocycles. The molecule has 1 heterocycles. The maximum absolute atomic E-state index is 11.6. The van der Waals surface area contributed by atoms with Crippen molar-refractivity contribution in [1.29, 1.82) is 0 Å². The molecular weight excluding hydrogens is 402 g/mol. The highest BCUT2D eigenvalue weighted by molar-refractivity contribution is 9.10. The standard InChI is InChI=1S/C14H14BrN3O5S/c1-22-7-23-10-3-2-8(4-9(10)15)6-16-18-14-17-13(21)11(24-14)5-12(19)20/h2-4,6,11H,5,7H2,1H3,(H,19,20)(H,17,18,21). The van der Waals surface area contributed by atoms with Gasteiger partial charge < -0.3 is 19.9 Å². The van der Waals surface area contributed by atoms with E-state index in [0.717, 1.165) is 21.8 Å². The summed E-state index contributed by atoms with van der Waals surface area (Å²) in [5.41, 5.74) is 0.771. The van der Waals surface area contributed by atoms with Crippen LogP contribution in [0.1, 0.15) is 12.0 Å². The number of amidine groups is 1.